The topological polar surface area (TPSA) is 62.1 Å². The lowest BCUT2D eigenvalue weighted by Gasteiger charge is -2.13. The average Bonchev–Trinajstić information content (AvgIpc) is 3.12. The van der Waals surface area contributed by atoms with E-state index in [0.717, 1.165) is 30.8 Å². The Morgan fingerprint density at radius 1 is 1.26 bits per heavy atom. The zero-order valence-electron chi connectivity index (χ0n) is 12.8. The van der Waals surface area contributed by atoms with Crippen molar-refractivity contribution in [2.24, 2.45) is 5.92 Å². The quantitative estimate of drug-likeness (QED) is 0.738. The van der Waals surface area contributed by atoms with Gasteiger partial charge in [0, 0.05) is 43.9 Å². The van der Waals surface area contributed by atoms with E-state index in [1.807, 2.05) is 17.1 Å². The third kappa shape index (κ3) is 5.00. The van der Waals surface area contributed by atoms with E-state index in [4.69, 9.17) is 0 Å². The Kier molecular flexibility index (Phi) is 6.53. The van der Waals surface area contributed by atoms with Gasteiger partial charge in [-0.15, -0.1) is 12.4 Å². The Hall–Kier alpha value is -1.47. The van der Waals surface area contributed by atoms with Crippen LogP contribution in [0.25, 0.3) is 0 Å². The van der Waals surface area contributed by atoms with Gasteiger partial charge in [0.1, 0.15) is 5.82 Å². The number of nitrogens with zero attached hydrogens (tertiary/aromatic N) is 2. The molecule has 0 amide bonds. The molecule has 1 aromatic heterocycles. The van der Waals surface area contributed by atoms with Crippen LogP contribution in [-0.2, 0) is 13.1 Å². The molecular formula is C16H22ClFN4O. The van der Waals surface area contributed by atoms with Crippen LogP contribution < -0.4 is 10.6 Å². The standard InChI is InChI=1S/C16H21FN4O.ClH/c17-15-3-1-12(2-4-15)10-21-11-13(6-20-21)5-18-7-14-8-19-9-16(14)22;/h1-4,6,11,14,16,18-19,22H,5,7-10H2;1H. The van der Waals surface area contributed by atoms with E-state index < -0.39 is 0 Å². The molecule has 126 valence electrons. The second-order valence-electron chi connectivity index (χ2n) is 5.79. The molecule has 2 atom stereocenters. The zero-order valence-corrected chi connectivity index (χ0v) is 13.6. The fourth-order valence-corrected chi connectivity index (χ4v) is 2.69. The lowest BCUT2D eigenvalue weighted by Crippen LogP contribution is -2.30. The van der Waals surface area contributed by atoms with Gasteiger partial charge < -0.3 is 15.7 Å². The van der Waals surface area contributed by atoms with Crippen LogP contribution in [0, 0.1) is 11.7 Å². The Bertz CT molecular complexity index is 604. The van der Waals surface area contributed by atoms with Crippen LogP contribution >= 0.6 is 12.4 Å². The second kappa shape index (κ2) is 8.40. The molecule has 1 aliphatic heterocycles. The first kappa shape index (κ1) is 17.9. The highest BCUT2D eigenvalue weighted by Crippen LogP contribution is 2.08. The molecule has 1 fully saturated rings. The number of nitrogens with one attached hydrogen (secondary N) is 2. The van der Waals surface area contributed by atoms with E-state index in [1.54, 1.807) is 12.1 Å². The fourth-order valence-electron chi connectivity index (χ4n) is 2.69. The highest BCUT2D eigenvalue weighted by molar-refractivity contribution is 5.85. The SMILES string of the molecule is Cl.OC1CNCC1CNCc1cnn(Cc2ccc(F)cc2)c1. The lowest BCUT2D eigenvalue weighted by molar-refractivity contribution is 0.146. The summed E-state index contributed by atoms with van der Waals surface area (Å²) >= 11 is 0. The maximum atomic E-state index is 12.9. The van der Waals surface area contributed by atoms with Crippen LogP contribution in [0.2, 0.25) is 0 Å². The van der Waals surface area contributed by atoms with Crippen molar-refractivity contribution in [2.75, 3.05) is 19.6 Å². The number of hydrogen-bond acceptors (Lipinski definition) is 4. The van der Waals surface area contributed by atoms with Crippen molar-refractivity contribution in [3.8, 4) is 0 Å². The molecule has 2 unspecified atom stereocenters. The van der Waals surface area contributed by atoms with Gasteiger partial charge in [0.15, 0.2) is 0 Å². The maximum Gasteiger partial charge on any atom is 0.123 e. The molecule has 3 rings (SSSR count). The first-order valence-corrected chi connectivity index (χ1v) is 7.56. The summed E-state index contributed by atoms with van der Waals surface area (Å²) in [6, 6.07) is 6.46. The summed E-state index contributed by atoms with van der Waals surface area (Å²) in [6.07, 6.45) is 3.56. The van der Waals surface area contributed by atoms with Crippen LogP contribution in [-0.4, -0.2) is 40.6 Å². The molecule has 1 aromatic carbocycles. The predicted octanol–water partition coefficient (Wildman–Crippen LogP) is 1.16. The van der Waals surface area contributed by atoms with Crippen LogP contribution in [0.1, 0.15) is 11.1 Å². The van der Waals surface area contributed by atoms with Crippen molar-refractivity contribution in [3.63, 3.8) is 0 Å². The number of rotatable bonds is 6. The molecule has 2 aromatic rings. The van der Waals surface area contributed by atoms with Gasteiger partial charge in [0.05, 0.1) is 18.8 Å². The first-order chi connectivity index (χ1) is 10.7. The Labute approximate surface area is 141 Å². The fraction of sp³-hybridized carbons (Fsp3) is 0.438. The molecule has 0 spiro atoms. The molecule has 2 heterocycles. The largest absolute Gasteiger partial charge is 0.391 e. The van der Waals surface area contributed by atoms with Crippen LogP contribution in [0.3, 0.4) is 0 Å². The van der Waals surface area contributed by atoms with Crippen molar-refractivity contribution in [3.05, 3.63) is 53.6 Å². The maximum absolute atomic E-state index is 12.9. The molecule has 0 saturated carbocycles. The second-order valence-corrected chi connectivity index (χ2v) is 5.79. The summed E-state index contributed by atoms with van der Waals surface area (Å²) in [5.74, 6) is 0.0481. The van der Waals surface area contributed by atoms with Gasteiger partial charge in [0.25, 0.3) is 0 Å². The van der Waals surface area contributed by atoms with Crippen molar-refractivity contribution in [1.82, 2.24) is 20.4 Å². The molecule has 23 heavy (non-hydrogen) atoms. The first-order valence-electron chi connectivity index (χ1n) is 7.56. The van der Waals surface area contributed by atoms with Crippen molar-refractivity contribution in [2.45, 2.75) is 19.2 Å². The van der Waals surface area contributed by atoms with Crippen LogP contribution in [0.15, 0.2) is 36.7 Å². The normalized spacial score (nSPS) is 20.4. The molecule has 5 nitrogen and oxygen atoms in total. The number of aromatic nitrogens is 2. The zero-order chi connectivity index (χ0) is 15.4. The molecule has 1 aliphatic rings. The van der Waals surface area contributed by atoms with E-state index >= 15 is 0 Å². The molecule has 0 radical (unpaired) electrons. The molecular weight excluding hydrogens is 319 g/mol. The lowest BCUT2D eigenvalue weighted by atomic mass is 10.1. The monoisotopic (exact) mass is 340 g/mol. The number of aliphatic hydroxyl groups is 1. The van der Waals surface area contributed by atoms with Gasteiger partial charge >= 0.3 is 0 Å². The number of hydrogen-bond donors (Lipinski definition) is 3. The summed E-state index contributed by atoms with van der Waals surface area (Å²) in [5, 5.41) is 20.6. The van der Waals surface area contributed by atoms with Crippen LogP contribution in [0.4, 0.5) is 4.39 Å². The Morgan fingerprint density at radius 3 is 2.74 bits per heavy atom. The molecule has 1 saturated heterocycles. The number of β-amino-alcohol motifs (C(OH)–C–C–N with tert-alkyl or cyclic N) is 1. The summed E-state index contributed by atoms with van der Waals surface area (Å²) in [7, 11) is 0. The van der Waals surface area contributed by atoms with E-state index in [2.05, 4.69) is 15.7 Å². The third-order valence-electron chi connectivity index (χ3n) is 3.98. The minimum absolute atomic E-state index is 0. The smallest absolute Gasteiger partial charge is 0.123 e. The highest BCUT2D eigenvalue weighted by Gasteiger charge is 2.23. The average molecular weight is 341 g/mol. The minimum atomic E-state index is -0.256. The van der Waals surface area contributed by atoms with E-state index in [9.17, 15) is 9.50 Å². The van der Waals surface area contributed by atoms with E-state index in [1.165, 1.54) is 12.1 Å². The Balaban J connectivity index is 0.00000192. The summed E-state index contributed by atoms with van der Waals surface area (Å²) in [5.41, 5.74) is 2.12. The third-order valence-corrected chi connectivity index (χ3v) is 3.98. The van der Waals surface area contributed by atoms with Crippen molar-refractivity contribution >= 4 is 12.4 Å². The number of benzene rings is 1. The van der Waals surface area contributed by atoms with Gasteiger partial charge in [-0.2, -0.15) is 5.10 Å². The van der Waals surface area contributed by atoms with Gasteiger partial charge in [-0.05, 0) is 17.7 Å². The highest BCUT2D eigenvalue weighted by atomic mass is 35.5. The van der Waals surface area contributed by atoms with E-state index in [-0.39, 0.29) is 30.2 Å². The van der Waals surface area contributed by atoms with Gasteiger partial charge in [-0.1, -0.05) is 12.1 Å². The Morgan fingerprint density at radius 2 is 2.04 bits per heavy atom. The molecule has 0 aliphatic carbocycles. The minimum Gasteiger partial charge on any atom is -0.391 e. The number of aliphatic hydroxyl groups excluding tert-OH is 1. The van der Waals surface area contributed by atoms with Gasteiger partial charge in [-0.25, -0.2) is 4.39 Å². The van der Waals surface area contributed by atoms with E-state index in [0.29, 0.717) is 13.1 Å². The van der Waals surface area contributed by atoms with Crippen molar-refractivity contribution < 1.29 is 9.50 Å². The molecule has 3 N–H and O–H groups in total. The van der Waals surface area contributed by atoms with Crippen LogP contribution in [0.5, 0.6) is 0 Å². The van der Waals surface area contributed by atoms with Gasteiger partial charge in [0.2, 0.25) is 0 Å². The summed E-state index contributed by atoms with van der Waals surface area (Å²) < 4.78 is 14.7. The molecule has 0 bridgehead atoms. The van der Waals surface area contributed by atoms with Gasteiger partial charge in [-0.3, -0.25) is 4.68 Å². The summed E-state index contributed by atoms with van der Waals surface area (Å²) in [4.78, 5) is 0. The van der Waals surface area contributed by atoms with Crippen molar-refractivity contribution in [1.29, 1.82) is 0 Å². The predicted molar refractivity (Wildman–Crippen MR) is 89.1 cm³/mol. The summed E-state index contributed by atoms with van der Waals surface area (Å²) in [6.45, 7) is 3.69. The molecule has 7 heteroatoms. The number of halogens is 2.